The van der Waals surface area contributed by atoms with Gasteiger partial charge in [0.2, 0.25) is 0 Å². The molecule has 2 aromatic heterocycles. The molecule has 0 aliphatic heterocycles. The first-order valence-electron chi connectivity index (χ1n) is 4.67. The number of esters is 1. The molecule has 2 rings (SSSR count). The molecule has 0 aliphatic carbocycles. The lowest BCUT2D eigenvalue weighted by Gasteiger charge is -2.00. The average molecular weight is 222 g/mol. The molecule has 16 heavy (non-hydrogen) atoms. The van der Waals surface area contributed by atoms with Crippen molar-refractivity contribution in [1.29, 1.82) is 0 Å². The molecule has 0 radical (unpaired) electrons. The number of hydrogen-bond donors (Lipinski definition) is 2. The van der Waals surface area contributed by atoms with Gasteiger partial charge in [-0.25, -0.2) is 9.31 Å². The van der Waals surface area contributed by atoms with Crippen LogP contribution < -0.4 is 11.3 Å². The number of rotatable bonds is 2. The molecule has 0 spiro atoms. The number of nitrogens with zero attached hydrogens (tertiary/aromatic N) is 2. The third-order valence-electron chi connectivity index (χ3n) is 2.03. The first-order valence-corrected chi connectivity index (χ1v) is 4.67. The molecule has 0 unspecified atom stereocenters. The Morgan fingerprint density at radius 3 is 3.12 bits per heavy atom. The van der Waals surface area contributed by atoms with Crippen LogP contribution in [0.4, 0.5) is 5.82 Å². The molecule has 0 aromatic carbocycles. The number of hydrogen-bond acceptors (Lipinski definition) is 5. The summed E-state index contributed by atoms with van der Waals surface area (Å²) in [6.07, 6.45) is 1.31. The van der Waals surface area contributed by atoms with E-state index in [1.165, 1.54) is 16.8 Å². The minimum atomic E-state index is -0.543. The molecule has 7 heteroatoms. The Morgan fingerprint density at radius 2 is 2.44 bits per heavy atom. The maximum Gasteiger partial charge on any atom is 0.343 e. The first-order chi connectivity index (χ1) is 7.63. The van der Waals surface area contributed by atoms with Crippen LogP contribution in [0.1, 0.15) is 17.3 Å². The highest BCUT2D eigenvalue weighted by Crippen LogP contribution is 2.10. The number of nitrogens with one attached hydrogen (secondary N) is 1. The normalized spacial score (nSPS) is 10.6. The smallest absolute Gasteiger partial charge is 0.343 e. The van der Waals surface area contributed by atoms with Crippen LogP contribution in [-0.4, -0.2) is 27.2 Å². The molecular formula is C9H10N4O3. The van der Waals surface area contributed by atoms with Crippen molar-refractivity contribution in [2.45, 2.75) is 6.92 Å². The summed E-state index contributed by atoms with van der Waals surface area (Å²) in [5.41, 5.74) is 5.61. The van der Waals surface area contributed by atoms with Crippen LogP contribution in [0.2, 0.25) is 0 Å². The fourth-order valence-electron chi connectivity index (χ4n) is 1.37. The molecule has 0 saturated carbocycles. The van der Waals surface area contributed by atoms with Gasteiger partial charge >= 0.3 is 5.97 Å². The summed E-state index contributed by atoms with van der Waals surface area (Å²) in [7, 11) is 0. The predicted molar refractivity (Wildman–Crippen MR) is 56.2 cm³/mol. The minimum Gasteiger partial charge on any atom is -0.462 e. The summed E-state index contributed by atoms with van der Waals surface area (Å²) in [5.74, 6) is -0.381. The number of fused-ring (bicyclic) bond motifs is 1. The molecule has 2 aromatic rings. The van der Waals surface area contributed by atoms with Crippen molar-refractivity contribution in [2.24, 2.45) is 0 Å². The highest BCUT2D eigenvalue weighted by molar-refractivity contribution is 5.95. The Bertz CT molecular complexity index is 598. The SMILES string of the molecule is CCOC(=O)c1cnn2c(N)cc(=O)[nH]c12. The van der Waals surface area contributed by atoms with Gasteiger partial charge < -0.3 is 15.5 Å². The Hall–Kier alpha value is -2.31. The predicted octanol–water partition coefficient (Wildman–Crippen LogP) is -0.218. The standard InChI is InChI=1S/C9H10N4O3/c1-2-16-9(15)5-4-11-13-6(10)3-7(14)12-8(5)13/h3-4H,2,10H2,1H3,(H,12,14). The number of carbonyl (C=O) groups excluding carboxylic acids is 1. The van der Waals surface area contributed by atoms with E-state index >= 15 is 0 Å². The summed E-state index contributed by atoms with van der Waals surface area (Å²) in [6, 6.07) is 1.19. The van der Waals surface area contributed by atoms with Crippen LogP contribution in [0, 0.1) is 0 Å². The van der Waals surface area contributed by atoms with Gasteiger partial charge in [-0.05, 0) is 6.92 Å². The number of aromatic amines is 1. The summed E-state index contributed by atoms with van der Waals surface area (Å²) in [6.45, 7) is 1.95. The van der Waals surface area contributed by atoms with Gasteiger partial charge in [0, 0.05) is 6.07 Å². The summed E-state index contributed by atoms with van der Waals surface area (Å²) in [4.78, 5) is 25.2. The third-order valence-corrected chi connectivity index (χ3v) is 2.03. The fraction of sp³-hybridized carbons (Fsp3) is 0.222. The molecule has 0 fully saturated rings. The summed E-state index contributed by atoms with van der Waals surface area (Å²) in [5, 5.41) is 3.88. The van der Waals surface area contributed by atoms with E-state index in [9.17, 15) is 9.59 Å². The maximum absolute atomic E-state index is 11.5. The second-order valence-corrected chi connectivity index (χ2v) is 3.10. The monoisotopic (exact) mass is 222 g/mol. The number of nitrogen functional groups attached to an aromatic ring is 1. The fourth-order valence-corrected chi connectivity index (χ4v) is 1.37. The lowest BCUT2D eigenvalue weighted by Crippen LogP contribution is -2.13. The quantitative estimate of drug-likeness (QED) is 0.684. The van der Waals surface area contributed by atoms with Crippen molar-refractivity contribution in [3.8, 4) is 0 Å². The van der Waals surface area contributed by atoms with E-state index in [1.807, 2.05) is 0 Å². The number of ether oxygens (including phenoxy) is 1. The number of anilines is 1. The van der Waals surface area contributed by atoms with E-state index in [0.717, 1.165) is 0 Å². The van der Waals surface area contributed by atoms with Gasteiger partial charge in [0.1, 0.15) is 11.4 Å². The van der Waals surface area contributed by atoms with E-state index in [0.29, 0.717) is 0 Å². The zero-order valence-electron chi connectivity index (χ0n) is 8.56. The van der Waals surface area contributed by atoms with Gasteiger partial charge in [-0.3, -0.25) is 4.79 Å². The molecule has 0 amide bonds. The van der Waals surface area contributed by atoms with E-state index in [-0.39, 0.29) is 23.6 Å². The topological polar surface area (TPSA) is 102 Å². The highest BCUT2D eigenvalue weighted by atomic mass is 16.5. The second kappa shape index (κ2) is 3.69. The molecule has 0 saturated heterocycles. The molecule has 2 heterocycles. The van der Waals surface area contributed by atoms with Crippen molar-refractivity contribution < 1.29 is 9.53 Å². The van der Waals surface area contributed by atoms with Gasteiger partial charge in [-0.2, -0.15) is 5.10 Å². The van der Waals surface area contributed by atoms with Crippen LogP contribution in [0.15, 0.2) is 17.1 Å². The molecule has 3 N–H and O–H groups in total. The lowest BCUT2D eigenvalue weighted by molar-refractivity contribution is 0.0528. The number of H-pyrrole nitrogens is 1. The number of carbonyl (C=O) groups is 1. The van der Waals surface area contributed by atoms with Crippen molar-refractivity contribution in [3.05, 3.63) is 28.2 Å². The first kappa shape index (κ1) is 10.2. The Balaban J connectivity index is 2.64. The van der Waals surface area contributed by atoms with Crippen LogP contribution in [0.25, 0.3) is 5.65 Å². The lowest BCUT2D eigenvalue weighted by atomic mass is 10.3. The van der Waals surface area contributed by atoms with Gasteiger partial charge in [-0.15, -0.1) is 0 Å². The summed E-state index contributed by atoms with van der Waals surface area (Å²) >= 11 is 0. The van der Waals surface area contributed by atoms with Crippen LogP contribution in [0.5, 0.6) is 0 Å². The van der Waals surface area contributed by atoms with Crippen LogP contribution in [0.3, 0.4) is 0 Å². The van der Waals surface area contributed by atoms with Crippen molar-refractivity contribution in [1.82, 2.24) is 14.6 Å². The number of nitrogens with two attached hydrogens (primary N) is 1. The zero-order valence-corrected chi connectivity index (χ0v) is 8.56. The van der Waals surface area contributed by atoms with Crippen molar-refractivity contribution >= 4 is 17.4 Å². The Labute approximate surface area is 89.8 Å². The van der Waals surface area contributed by atoms with Gasteiger partial charge in [0.15, 0.2) is 5.65 Å². The van der Waals surface area contributed by atoms with Crippen LogP contribution >= 0.6 is 0 Å². The minimum absolute atomic E-state index is 0.161. The van der Waals surface area contributed by atoms with E-state index in [4.69, 9.17) is 10.5 Å². The zero-order chi connectivity index (χ0) is 11.7. The maximum atomic E-state index is 11.5. The number of aromatic nitrogens is 3. The Morgan fingerprint density at radius 1 is 1.69 bits per heavy atom. The van der Waals surface area contributed by atoms with Gasteiger partial charge in [-0.1, -0.05) is 0 Å². The van der Waals surface area contributed by atoms with Crippen molar-refractivity contribution in [3.63, 3.8) is 0 Å². The molecule has 0 bridgehead atoms. The molecular weight excluding hydrogens is 212 g/mol. The van der Waals surface area contributed by atoms with E-state index < -0.39 is 11.5 Å². The van der Waals surface area contributed by atoms with E-state index in [2.05, 4.69) is 10.1 Å². The largest absolute Gasteiger partial charge is 0.462 e. The van der Waals surface area contributed by atoms with E-state index in [1.54, 1.807) is 6.92 Å². The summed E-state index contributed by atoms with van der Waals surface area (Å²) < 4.78 is 6.09. The third kappa shape index (κ3) is 1.52. The van der Waals surface area contributed by atoms with Crippen LogP contribution in [-0.2, 0) is 4.74 Å². The molecule has 0 atom stereocenters. The van der Waals surface area contributed by atoms with Gasteiger partial charge in [0.25, 0.3) is 5.56 Å². The highest BCUT2D eigenvalue weighted by Gasteiger charge is 2.15. The average Bonchev–Trinajstić information content (AvgIpc) is 2.61. The molecule has 0 aliphatic rings. The van der Waals surface area contributed by atoms with Crippen molar-refractivity contribution in [2.75, 3.05) is 12.3 Å². The second-order valence-electron chi connectivity index (χ2n) is 3.10. The Kier molecular flexibility index (Phi) is 2.35. The molecule has 7 nitrogen and oxygen atoms in total. The molecule has 84 valence electrons. The van der Waals surface area contributed by atoms with Gasteiger partial charge in [0.05, 0.1) is 12.8 Å².